The topological polar surface area (TPSA) is 64.7 Å². The predicted octanol–water partition coefficient (Wildman–Crippen LogP) is 1.20. The van der Waals surface area contributed by atoms with Gasteiger partial charge in [0.25, 0.3) is 11.9 Å². The van der Waals surface area contributed by atoms with Gasteiger partial charge in [-0.1, -0.05) is 26.7 Å². The summed E-state index contributed by atoms with van der Waals surface area (Å²) < 4.78 is 5.32. The minimum Gasteiger partial charge on any atom is -0.448 e. The Morgan fingerprint density at radius 2 is 1.92 bits per heavy atom. The fraction of sp³-hybridized carbons (Fsp3) is 0.778. The smallest absolute Gasteiger partial charge is 0.294 e. The van der Waals surface area contributed by atoms with Crippen LogP contribution >= 0.6 is 0 Å². The van der Waals surface area contributed by atoms with Gasteiger partial charge in [-0.2, -0.15) is 4.99 Å². The maximum Gasteiger partial charge on any atom is 0.294 e. The predicted molar refractivity (Wildman–Crippen MR) is 50.3 cm³/mol. The average molecular weight is 184 g/mol. The lowest BCUT2D eigenvalue weighted by Gasteiger charge is -2.24. The molecule has 4 nitrogen and oxygen atoms in total. The van der Waals surface area contributed by atoms with Crippen molar-refractivity contribution < 1.29 is 9.53 Å². The summed E-state index contributed by atoms with van der Waals surface area (Å²) in [5.41, 5.74) is 4.63. The molecule has 0 atom stereocenters. The first kappa shape index (κ1) is 10.0. The molecule has 0 aromatic rings. The zero-order valence-corrected chi connectivity index (χ0v) is 8.17. The second-order valence-corrected chi connectivity index (χ2v) is 3.35. The number of nitrogens with two attached hydrogens (primary N) is 1. The molecule has 0 spiro atoms. The first-order valence-corrected chi connectivity index (χ1v) is 4.72. The fourth-order valence-electron chi connectivity index (χ4n) is 1.72. The van der Waals surface area contributed by atoms with Crippen LogP contribution in [0.4, 0.5) is 0 Å². The van der Waals surface area contributed by atoms with E-state index in [2.05, 4.69) is 4.99 Å². The van der Waals surface area contributed by atoms with E-state index in [0.717, 1.165) is 12.8 Å². The molecule has 1 aliphatic heterocycles. The van der Waals surface area contributed by atoms with Crippen LogP contribution in [-0.4, -0.2) is 17.5 Å². The van der Waals surface area contributed by atoms with Crippen LogP contribution in [0.3, 0.4) is 0 Å². The van der Waals surface area contributed by atoms with Crippen molar-refractivity contribution >= 4 is 11.9 Å². The third-order valence-electron chi connectivity index (χ3n) is 2.21. The highest BCUT2D eigenvalue weighted by Gasteiger charge is 2.44. The Hall–Kier alpha value is -1.06. The van der Waals surface area contributed by atoms with E-state index in [0.29, 0.717) is 12.8 Å². The molecule has 1 aliphatic rings. The summed E-state index contributed by atoms with van der Waals surface area (Å²) in [6.45, 7) is 4.03. The van der Waals surface area contributed by atoms with Gasteiger partial charge < -0.3 is 10.5 Å². The van der Waals surface area contributed by atoms with Gasteiger partial charge in [0.1, 0.15) is 0 Å². The monoisotopic (exact) mass is 184 g/mol. The highest BCUT2D eigenvalue weighted by molar-refractivity contribution is 6.00. The summed E-state index contributed by atoms with van der Waals surface area (Å²) in [4.78, 5) is 15.1. The number of nitrogens with zero attached hydrogens (tertiary/aromatic N) is 1. The average Bonchev–Trinajstić information content (AvgIpc) is 2.28. The molecule has 4 heteroatoms. The van der Waals surface area contributed by atoms with Crippen LogP contribution in [-0.2, 0) is 9.53 Å². The van der Waals surface area contributed by atoms with Gasteiger partial charge in [0.15, 0.2) is 5.60 Å². The number of hydrogen-bond acceptors (Lipinski definition) is 3. The third kappa shape index (κ3) is 1.82. The molecule has 0 aromatic heterocycles. The van der Waals surface area contributed by atoms with Crippen molar-refractivity contribution in [1.82, 2.24) is 0 Å². The number of carbonyl (C=O) groups excluding carboxylic acids is 1. The van der Waals surface area contributed by atoms with Crippen molar-refractivity contribution in [3.63, 3.8) is 0 Å². The quantitative estimate of drug-likeness (QED) is 0.713. The van der Waals surface area contributed by atoms with E-state index in [1.807, 2.05) is 13.8 Å². The van der Waals surface area contributed by atoms with Gasteiger partial charge in [0.2, 0.25) is 0 Å². The van der Waals surface area contributed by atoms with E-state index in [1.54, 1.807) is 0 Å². The molecule has 0 saturated heterocycles. The third-order valence-corrected chi connectivity index (χ3v) is 2.21. The van der Waals surface area contributed by atoms with Crippen LogP contribution in [0.2, 0.25) is 0 Å². The summed E-state index contributed by atoms with van der Waals surface area (Å²) in [6.07, 6.45) is 3.19. The van der Waals surface area contributed by atoms with Gasteiger partial charge >= 0.3 is 0 Å². The SMILES string of the molecule is CCCC1(CCC)OC(N)=NC1=O. The molecular formula is C9H16N2O2. The van der Waals surface area contributed by atoms with Gasteiger partial charge in [-0.25, -0.2) is 0 Å². The molecular weight excluding hydrogens is 168 g/mol. The van der Waals surface area contributed by atoms with Gasteiger partial charge in [-0.05, 0) is 12.8 Å². The van der Waals surface area contributed by atoms with Crippen molar-refractivity contribution in [3.8, 4) is 0 Å². The van der Waals surface area contributed by atoms with Crippen LogP contribution in [0.1, 0.15) is 39.5 Å². The van der Waals surface area contributed by atoms with Gasteiger partial charge in [-0.3, -0.25) is 4.79 Å². The van der Waals surface area contributed by atoms with E-state index < -0.39 is 5.60 Å². The van der Waals surface area contributed by atoms with E-state index in [1.165, 1.54) is 0 Å². The Morgan fingerprint density at radius 3 is 2.23 bits per heavy atom. The maximum absolute atomic E-state index is 11.5. The van der Waals surface area contributed by atoms with Crippen molar-refractivity contribution in [2.75, 3.05) is 0 Å². The Morgan fingerprint density at radius 1 is 1.38 bits per heavy atom. The Labute approximate surface area is 78.2 Å². The highest BCUT2D eigenvalue weighted by Crippen LogP contribution is 2.29. The van der Waals surface area contributed by atoms with E-state index >= 15 is 0 Å². The number of rotatable bonds is 4. The van der Waals surface area contributed by atoms with Gasteiger partial charge in [-0.15, -0.1) is 0 Å². The number of ether oxygens (including phenoxy) is 1. The molecule has 0 unspecified atom stereocenters. The molecule has 13 heavy (non-hydrogen) atoms. The van der Waals surface area contributed by atoms with Crippen LogP contribution in [0, 0.1) is 0 Å². The summed E-state index contributed by atoms with van der Waals surface area (Å²) in [7, 11) is 0. The van der Waals surface area contributed by atoms with Crippen LogP contribution in [0.15, 0.2) is 4.99 Å². The number of amides is 1. The number of carbonyl (C=O) groups is 1. The molecule has 1 heterocycles. The van der Waals surface area contributed by atoms with Crippen molar-refractivity contribution in [2.45, 2.75) is 45.1 Å². The van der Waals surface area contributed by atoms with E-state index in [4.69, 9.17) is 10.5 Å². The second-order valence-electron chi connectivity index (χ2n) is 3.35. The van der Waals surface area contributed by atoms with Gasteiger partial charge in [0, 0.05) is 0 Å². The molecule has 1 amide bonds. The summed E-state index contributed by atoms with van der Waals surface area (Å²) in [6, 6.07) is 0.0203. The van der Waals surface area contributed by atoms with Crippen LogP contribution in [0.5, 0.6) is 0 Å². The first-order valence-electron chi connectivity index (χ1n) is 4.72. The van der Waals surface area contributed by atoms with Crippen molar-refractivity contribution in [2.24, 2.45) is 10.7 Å². The second kappa shape index (κ2) is 3.77. The van der Waals surface area contributed by atoms with Gasteiger partial charge in [0.05, 0.1) is 0 Å². The molecule has 0 saturated carbocycles. The first-order chi connectivity index (χ1) is 6.14. The molecule has 74 valence electrons. The molecule has 2 N–H and O–H groups in total. The Bertz CT molecular complexity index is 230. The van der Waals surface area contributed by atoms with E-state index in [9.17, 15) is 4.79 Å². The number of hydrogen-bond donors (Lipinski definition) is 1. The number of aliphatic imine (C=N–C) groups is 1. The minimum absolute atomic E-state index is 0.0203. The lowest BCUT2D eigenvalue weighted by Crippen LogP contribution is -2.38. The molecule has 0 bridgehead atoms. The maximum atomic E-state index is 11.5. The molecule has 0 radical (unpaired) electrons. The van der Waals surface area contributed by atoms with Crippen LogP contribution < -0.4 is 5.73 Å². The molecule has 0 aromatic carbocycles. The Balaban J connectivity index is 2.76. The van der Waals surface area contributed by atoms with Crippen LogP contribution in [0.25, 0.3) is 0 Å². The Kier molecular flexibility index (Phi) is 2.90. The lowest BCUT2D eigenvalue weighted by atomic mass is 9.92. The zero-order valence-electron chi connectivity index (χ0n) is 8.17. The largest absolute Gasteiger partial charge is 0.448 e. The molecule has 1 rings (SSSR count). The normalized spacial score (nSPS) is 19.8. The van der Waals surface area contributed by atoms with Crippen molar-refractivity contribution in [1.29, 1.82) is 0 Å². The summed E-state index contributed by atoms with van der Waals surface area (Å²) in [5, 5.41) is 0. The summed E-state index contributed by atoms with van der Waals surface area (Å²) in [5.74, 6) is -0.214. The summed E-state index contributed by atoms with van der Waals surface area (Å²) >= 11 is 0. The lowest BCUT2D eigenvalue weighted by molar-refractivity contribution is -0.132. The standard InChI is InChI=1S/C9H16N2O2/c1-3-5-9(6-4-2)7(12)11-8(10)13-9/h3-6H2,1-2H3,(H2,10,11,12). The zero-order chi connectivity index (χ0) is 9.90. The molecule has 0 aliphatic carbocycles. The minimum atomic E-state index is -0.742. The molecule has 0 fully saturated rings. The number of amidine groups is 1. The fourth-order valence-corrected chi connectivity index (χ4v) is 1.72. The highest BCUT2D eigenvalue weighted by atomic mass is 16.5. The van der Waals surface area contributed by atoms with E-state index in [-0.39, 0.29) is 11.9 Å². The van der Waals surface area contributed by atoms with Crippen molar-refractivity contribution in [3.05, 3.63) is 0 Å².